The number of hydrogen-bond acceptors (Lipinski definition) is 3. The van der Waals surface area contributed by atoms with Gasteiger partial charge in [-0.1, -0.05) is 19.1 Å². The molecule has 0 aromatic heterocycles. The lowest BCUT2D eigenvalue weighted by atomic mass is 10.0. The molecule has 1 fully saturated rings. The van der Waals surface area contributed by atoms with Crippen molar-refractivity contribution in [3.8, 4) is 0 Å². The van der Waals surface area contributed by atoms with Crippen molar-refractivity contribution < 1.29 is 0 Å². The second kappa shape index (κ2) is 7.09. The molecule has 1 unspecified atom stereocenters. The van der Waals surface area contributed by atoms with Crippen LogP contribution in [-0.2, 0) is 6.42 Å². The smallest absolute Gasteiger partial charge is 0.0367 e. The lowest BCUT2D eigenvalue weighted by Gasteiger charge is -2.38. The van der Waals surface area contributed by atoms with Crippen LogP contribution in [0.3, 0.4) is 0 Å². The van der Waals surface area contributed by atoms with Crippen LogP contribution in [0, 0.1) is 0 Å². The van der Waals surface area contributed by atoms with Gasteiger partial charge in [-0.05, 0) is 44.4 Å². The van der Waals surface area contributed by atoms with E-state index in [0.29, 0.717) is 6.04 Å². The molecule has 3 nitrogen and oxygen atoms in total. The SMILES string of the molecule is CCC(N)Cc1ccc(N2CCN(C(C)C)CC2)cc1. The van der Waals surface area contributed by atoms with Crippen LogP contribution in [0.5, 0.6) is 0 Å². The Labute approximate surface area is 123 Å². The van der Waals surface area contributed by atoms with Crippen LogP contribution in [0.4, 0.5) is 5.69 Å². The lowest BCUT2D eigenvalue weighted by Crippen LogP contribution is -2.48. The van der Waals surface area contributed by atoms with Crippen LogP contribution in [0.1, 0.15) is 32.8 Å². The minimum atomic E-state index is 0.287. The minimum Gasteiger partial charge on any atom is -0.369 e. The molecule has 1 atom stereocenters. The molecule has 0 spiro atoms. The fourth-order valence-corrected chi connectivity index (χ4v) is 2.79. The van der Waals surface area contributed by atoms with Crippen molar-refractivity contribution in [2.24, 2.45) is 5.73 Å². The Morgan fingerprint density at radius 3 is 2.15 bits per heavy atom. The lowest BCUT2D eigenvalue weighted by molar-refractivity contribution is 0.209. The van der Waals surface area contributed by atoms with Crippen LogP contribution < -0.4 is 10.6 Å². The molecule has 1 aromatic rings. The topological polar surface area (TPSA) is 32.5 Å². The number of rotatable bonds is 5. The summed E-state index contributed by atoms with van der Waals surface area (Å²) in [5.74, 6) is 0. The van der Waals surface area contributed by atoms with Gasteiger partial charge in [-0.25, -0.2) is 0 Å². The van der Waals surface area contributed by atoms with Gasteiger partial charge in [0.25, 0.3) is 0 Å². The quantitative estimate of drug-likeness (QED) is 0.896. The largest absolute Gasteiger partial charge is 0.369 e. The maximum Gasteiger partial charge on any atom is 0.0367 e. The highest BCUT2D eigenvalue weighted by atomic mass is 15.3. The van der Waals surface area contributed by atoms with Gasteiger partial charge in [0.1, 0.15) is 0 Å². The molecule has 112 valence electrons. The van der Waals surface area contributed by atoms with E-state index in [4.69, 9.17) is 5.73 Å². The molecule has 0 saturated carbocycles. The van der Waals surface area contributed by atoms with Crippen molar-refractivity contribution in [2.45, 2.75) is 45.7 Å². The van der Waals surface area contributed by atoms with Gasteiger partial charge in [0, 0.05) is 44.0 Å². The molecule has 1 saturated heterocycles. The van der Waals surface area contributed by atoms with E-state index >= 15 is 0 Å². The summed E-state index contributed by atoms with van der Waals surface area (Å²) in [6.07, 6.45) is 2.02. The molecular formula is C17H29N3. The third kappa shape index (κ3) is 3.97. The Kier molecular flexibility index (Phi) is 5.44. The zero-order valence-electron chi connectivity index (χ0n) is 13.2. The van der Waals surface area contributed by atoms with Gasteiger partial charge in [0.15, 0.2) is 0 Å². The molecule has 1 aliphatic rings. The molecule has 3 heteroatoms. The fourth-order valence-electron chi connectivity index (χ4n) is 2.79. The summed E-state index contributed by atoms with van der Waals surface area (Å²) >= 11 is 0. The number of hydrogen-bond donors (Lipinski definition) is 1. The van der Waals surface area contributed by atoms with Crippen molar-refractivity contribution in [2.75, 3.05) is 31.1 Å². The first-order valence-electron chi connectivity index (χ1n) is 7.93. The summed E-state index contributed by atoms with van der Waals surface area (Å²) in [5, 5.41) is 0. The number of nitrogens with zero attached hydrogens (tertiary/aromatic N) is 2. The van der Waals surface area contributed by atoms with Gasteiger partial charge < -0.3 is 10.6 Å². The Bertz CT molecular complexity index is 391. The van der Waals surface area contributed by atoms with Gasteiger partial charge in [0.2, 0.25) is 0 Å². The minimum absolute atomic E-state index is 0.287. The molecule has 2 rings (SSSR count). The highest BCUT2D eigenvalue weighted by Crippen LogP contribution is 2.18. The molecule has 1 heterocycles. The van der Waals surface area contributed by atoms with Crippen LogP contribution in [0.15, 0.2) is 24.3 Å². The molecular weight excluding hydrogens is 246 g/mol. The van der Waals surface area contributed by atoms with Gasteiger partial charge in [-0.3, -0.25) is 4.90 Å². The van der Waals surface area contributed by atoms with Crippen LogP contribution >= 0.6 is 0 Å². The first-order valence-corrected chi connectivity index (χ1v) is 7.93. The fraction of sp³-hybridized carbons (Fsp3) is 0.647. The second-order valence-corrected chi connectivity index (χ2v) is 6.16. The Hall–Kier alpha value is -1.06. The zero-order chi connectivity index (χ0) is 14.5. The van der Waals surface area contributed by atoms with Crippen molar-refractivity contribution in [1.29, 1.82) is 0 Å². The van der Waals surface area contributed by atoms with Gasteiger partial charge in [-0.2, -0.15) is 0 Å². The van der Waals surface area contributed by atoms with Gasteiger partial charge in [-0.15, -0.1) is 0 Å². The predicted molar refractivity (Wildman–Crippen MR) is 87.3 cm³/mol. The average Bonchev–Trinajstić information content (AvgIpc) is 2.48. The molecule has 0 bridgehead atoms. The Morgan fingerprint density at radius 2 is 1.65 bits per heavy atom. The molecule has 0 amide bonds. The Balaban J connectivity index is 1.91. The zero-order valence-corrected chi connectivity index (χ0v) is 13.2. The van der Waals surface area contributed by atoms with Crippen molar-refractivity contribution in [1.82, 2.24) is 4.90 Å². The number of piperazine rings is 1. The maximum atomic E-state index is 6.01. The standard InChI is InChI=1S/C17H29N3/c1-4-16(18)13-15-5-7-17(8-6-15)20-11-9-19(10-12-20)14(2)3/h5-8,14,16H,4,9-13,18H2,1-3H3. The van der Waals surface area contributed by atoms with Crippen LogP contribution in [0.25, 0.3) is 0 Å². The molecule has 1 aliphatic heterocycles. The van der Waals surface area contributed by atoms with Gasteiger partial charge >= 0.3 is 0 Å². The third-order valence-electron chi connectivity index (χ3n) is 4.37. The van der Waals surface area contributed by atoms with E-state index in [1.807, 2.05) is 0 Å². The summed E-state index contributed by atoms with van der Waals surface area (Å²) in [6.45, 7) is 11.3. The van der Waals surface area contributed by atoms with Crippen molar-refractivity contribution in [3.63, 3.8) is 0 Å². The van der Waals surface area contributed by atoms with Crippen LogP contribution in [0.2, 0.25) is 0 Å². The van der Waals surface area contributed by atoms with Crippen LogP contribution in [-0.4, -0.2) is 43.2 Å². The van der Waals surface area contributed by atoms with Crippen molar-refractivity contribution in [3.05, 3.63) is 29.8 Å². The number of benzene rings is 1. The third-order valence-corrected chi connectivity index (χ3v) is 4.37. The molecule has 0 aliphatic carbocycles. The summed E-state index contributed by atoms with van der Waals surface area (Å²) in [4.78, 5) is 5.04. The maximum absolute atomic E-state index is 6.01. The summed E-state index contributed by atoms with van der Waals surface area (Å²) in [5.41, 5.74) is 8.71. The van der Waals surface area contributed by atoms with E-state index in [2.05, 4.69) is 54.8 Å². The molecule has 1 aromatic carbocycles. The normalized spacial score (nSPS) is 18.6. The first-order chi connectivity index (χ1) is 9.60. The van der Waals surface area contributed by atoms with E-state index < -0.39 is 0 Å². The number of anilines is 1. The van der Waals surface area contributed by atoms with E-state index in [1.54, 1.807) is 0 Å². The second-order valence-electron chi connectivity index (χ2n) is 6.16. The first kappa shape index (κ1) is 15.3. The number of nitrogens with two attached hydrogens (primary N) is 1. The van der Waals surface area contributed by atoms with E-state index in [9.17, 15) is 0 Å². The van der Waals surface area contributed by atoms with Gasteiger partial charge in [0.05, 0.1) is 0 Å². The molecule has 2 N–H and O–H groups in total. The van der Waals surface area contributed by atoms with Crippen molar-refractivity contribution >= 4 is 5.69 Å². The highest BCUT2D eigenvalue weighted by molar-refractivity contribution is 5.48. The van der Waals surface area contributed by atoms with E-state index in [-0.39, 0.29) is 6.04 Å². The average molecular weight is 275 g/mol. The summed E-state index contributed by atoms with van der Waals surface area (Å²) in [6, 6.07) is 9.93. The van der Waals surface area contributed by atoms with E-state index in [0.717, 1.165) is 25.9 Å². The molecule has 20 heavy (non-hydrogen) atoms. The molecule has 0 radical (unpaired) electrons. The summed E-state index contributed by atoms with van der Waals surface area (Å²) < 4.78 is 0. The van der Waals surface area contributed by atoms with E-state index in [1.165, 1.54) is 24.3 Å². The predicted octanol–water partition coefficient (Wildman–Crippen LogP) is 2.50. The summed E-state index contributed by atoms with van der Waals surface area (Å²) in [7, 11) is 0. The monoisotopic (exact) mass is 275 g/mol. The highest BCUT2D eigenvalue weighted by Gasteiger charge is 2.18. The Morgan fingerprint density at radius 1 is 1.05 bits per heavy atom.